The largest absolute Gasteiger partial charge is 0.510 e. The number of aliphatic hydroxyl groups excluding tert-OH is 1. The maximum atomic E-state index is 10.4. The molecule has 0 radical (unpaired) electrons. The standard InChI is InChI=1S/C18H24N4OS/c1-3-21(4-2)10-7-11-22-12-14(23)16(17(22)19)18-20-13-8-5-6-9-15(13)24-18/h5-6,8-9,19,23H,3-4,7,10-12H2,1-2H3. The molecule has 0 amide bonds. The summed E-state index contributed by atoms with van der Waals surface area (Å²) in [7, 11) is 0. The third-order valence-electron chi connectivity index (χ3n) is 4.49. The number of aliphatic hydroxyl groups is 1. The second kappa shape index (κ2) is 7.32. The summed E-state index contributed by atoms with van der Waals surface area (Å²) < 4.78 is 1.08. The molecule has 2 N–H and O–H groups in total. The first-order chi connectivity index (χ1) is 11.6. The van der Waals surface area contributed by atoms with Gasteiger partial charge in [0.05, 0.1) is 22.3 Å². The third kappa shape index (κ3) is 3.30. The van der Waals surface area contributed by atoms with Gasteiger partial charge in [-0.25, -0.2) is 4.98 Å². The maximum absolute atomic E-state index is 10.4. The maximum Gasteiger partial charge on any atom is 0.135 e. The van der Waals surface area contributed by atoms with E-state index in [-0.39, 0.29) is 5.76 Å². The first-order valence-electron chi connectivity index (χ1n) is 8.48. The Labute approximate surface area is 146 Å². The first-order valence-corrected chi connectivity index (χ1v) is 9.30. The lowest BCUT2D eigenvalue weighted by molar-refractivity contribution is 0.279. The summed E-state index contributed by atoms with van der Waals surface area (Å²) in [5, 5.41) is 19.5. The van der Waals surface area contributed by atoms with Gasteiger partial charge in [-0.2, -0.15) is 0 Å². The van der Waals surface area contributed by atoms with Gasteiger partial charge in [0.2, 0.25) is 0 Å². The van der Waals surface area contributed by atoms with E-state index in [1.54, 1.807) is 0 Å². The summed E-state index contributed by atoms with van der Waals surface area (Å²) in [6.45, 7) is 8.66. The van der Waals surface area contributed by atoms with E-state index in [4.69, 9.17) is 5.41 Å². The van der Waals surface area contributed by atoms with E-state index in [1.807, 2.05) is 29.2 Å². The minimum absolute atomic E-state index is 0.266. The number of para-hydroxylation sites is 1. The van der Waals surface area contributed by atoms with Crippen LogP contribution in [0.2, 0.25) is 0 Å². The number of nitrogens with one attached hydrogen (secondary N) is 1. The molecule has 0 bridgehead atoms. The number of rotatable bonds is 7. The molecular formula is C18H24N4OS. The van der Waals surface area contributed by atoms with Crippen LogP contribution in [0.3, 0.4) is 0 Å². The van der Waals surface area contributed by atoms with Crippen LogP contribution >= 0.6 is 11.3 Å². The monoisotopic (exact) mass is 344 g/mol. The average molecular weight is 344 g/mol. The van der Waals surface area contributed by atoms with E-state index >= 15 is 0 Å². The van der Waals surface area contributed by atoms with Crippen molar-refractivity contribution in [3.05, 3.63) is 35.0 Å². The topological polar surface area (TPSA) is 63.5 Å². The fourth-order valence-electron chi connectivity index (χ4n) is 3.05. The smallest absolute Gasteiger partial charge is 0.135 e. The van der Waals surface area contributed by atoms with Crippen LogP contribution in [0.5, 0.6) is 0 Å². The van der Waals surface area contributed by atoms with Gasteiger partial charge in [0.1, 0.15) is 16.6 Å². The number of nitrogens with zero attached hydrogens (tertiary/aromatic N) is 3. The van der Waals surface area contributed by atoms with Crippen LogP contribution in [0.4, 0.5) is 0 Å². The second-order valence-corrected chi connectivity index (χ2v) is 6.99. The Kier molecular flexibility index (Phi) is 5.16. The molecule has 128 valence electrons. The van der Waals surface area contributed by atoms with Gasteiger partial charge in [-0.05, 0) is 38.2 Å². The van der Waals surface area contributed by atoms with Crippen LogP contribution in [0.25, 0.3) is 15.8 Å². The van der Waals surface area contributed by atoms with Crippen molar-refractivity contribution in [3.63, 3.8) is 0 Å². The van der Waals surface area contributed by atoms with Crippen LogP contribution < -0.4 is 0 Å². The van der Waals surface area contributed by atoms with Gasteiger partial charge in [0, 0.05) is 6.54 Å². The lowest BCUT2D eigenvalue weighted by Gasteiger charge is -2.22. The summed E-state index contributed by atoms with van der Waals surface area (Å²) >= 11 is 1.54. The molecule has 0 fully saturated rings. The van der Waals surface area contributed by atoms with E-state index in [0.717, 1.165) is 47.8 Å². The number of thiazole rings is 1. The molecule has 0 aliphatic carbocycles. The van der Waals surface area contributed by atoms with Crippen LogP contribution in [0.1, 0.15) is 25.3 Å². The lowest BCUT2D eigenvalue weighted by Crippen LogP contribution is -2.31. The van der Waals surface area contributed by atoms with Crippen LogP contribution in [0, 0.1) is 5.41 Å². The van der Waals surface area contributed by atoms with Crippen LogP contribution in [-0.2, 0) is 0 Å². The van der Waals surface area contributed by atoms with Crippen molar-refractivity contribution in [3.8, 4) is 0 Å². The Bertz CT molecular complexity index is 730. The predicted octanol–water partition coefficient (Wildman–Crippen LogP) is 3.59. The molecule has 0 saturated carbocycles. The van der Waals surface area contributed by atoms with Gasteiger partial charge >= 0.3 is 0 Å². The van der Waals surface area contributed by atoms with E-state index in [0.29, 0.717) is 18.0 Å². The highest BCUT2D eigenvalue weighted by molar-refractivity contribution is 7.19. The quantitative estimate of drug-likeness (QED) is 0.806. The highest BCUT2D eigenvalue weighted by atomic mass is 32.1. The van der Waals surface area contributed by atoms with Crippen LogP contribution in [-0.4, -0.2) is 58.4 Å². The fraction of sp³-hybridized carbons (Fsp3) is 0.444. The van der Waals surface area contributed by atoms with Crippen molar-refractivity contribution in [2.75, 3.05) is 32.7 Å². The fourth-order valence-corrected chi connectivity index (χ4v) is 4.09. The Morgan fingerprint density at radius 1 is 1.29 bits per heavy atom. The molecule has 6 heteroatoms. The first kappa shape index (κ1) is 16.9. The Morgan fingerprint density at radius 3 is 2.75 bits per heavy atom. The SMILES string of the molecule is CCN(CC)CCCN1CC(O)=C(c2nc3ccccc3s2)C1=N. The molecule has 24 heavy (non-hydrogen) atoms. The summed E-state index contributed by atoms with van der Waals surface area (Å²) in [5.41, 5.74) is 1.52. The molecule has 1 aromatic heterocycles. The molecule has 0 unspecified atom stereocenters. The molecule has 0 saturated heterocycles. The zero-order valence-electron chi connectivity index (χ0n) is 14.2. The molecule has 2 aromatic rings. The minimum atomic E-state index is 0.266. The third-order valence-corrected chi connectivity index (χ3v) is 5.54. The number of amidine groups is 1. The Balaban J connectivity index is 1.69. The number of hydrogen-bond acceptors (Lipinski definition) is 5. The Hall–Kier alpha value is -1.92. The van der Waals surface area contributed by atoms with E-state index in [9.17, 15) is 5.11 Å². The number of benzene rings is 1. The van der Waals surface area contributed by atoms with Gasteiger partial charge < -0.3 is 14.9 Å². The molecule has 5 nitrogen and oxygen atoms in total. The minimum Gasteiger partial charge on any atom is -0.510 e. The van der Waals surface area contributed by atoms with Crippen molar-refractivity contribution in [2.24, 2.45) is 0 Å². The van der Waals surface area contributed by atoms with Gasteiger partial charge in [-0.3, -0.25) is 5.41 Å². The highest BCUT2D eigenvalue weighted by Crippen LogP contribution is 2.32. The Morgan fingerprint density at radius 2 is 2.04 bits per heavy atom. The number of aromatic nitrogens is 1. The molecular weight excluding hydrogens is 320 g/mol. The van der Waals surface area contributed by atoms with Crippen molar-refractivity contribution in [2.45, 2.75) is 20.3 Å². The van der Waals surface area contributed by atoms with Gasteiger partial charge in [-0.1, -0.05) is 26.0 Å². The molecule has 1 aromatic carbocycles. The predicted molar refractivity (Wildman–Crippen MR) is 101 cm³/mol. The molecule has 1 aliphatic rings. The zero-order valence-corrected chi connectivity index (χ0v) is 15.1. The summed E-state index contributed by atoms with van der Waals surface area (Å²) in [4.78, 5) is 8.91. The summed E-state index contributed by atoms with van der Waals surface area (Å²) in [6, 6.07) is 7.93. The van der Waals surface area contributed by atoms with Gasteiger partial charge in [-0.15, -0.1) is 11.3 Å². The number of fused-ring (bicyclic) bond motifs is 1. The van der Waals surface area contributed by atoms with Crippen LogP contribution in [0.15, 0.2) is 30.0 Å². The van der Waals surface area contributed by atoms with E-state index in [1.165, 1.54) is 11.3 Å². The molecule has 0 spiro atoms. The van der Waals surface area contributed by atoms with Crippen molar-refractivity contribution >= 4 is 33.0 Å². The molecule has 2 heterocycles. The average Bonchev–Trinajstić information content (AvgIpc) is 3.12. The number of hydrogen-bond donors (Lipinski definition) is 2. The molecule has 3 rings (SSSR count). The normalized spacial score (nSPS) is 15.3. The van der Waals surface area contributed by atoms with E-state index in [2.05, 4.69) is 23.7 Å². The van der Waals surface area contributed by atoms with Gasteiger partial charge in [0.15, 0.2) is 0 Å². The van der Waals surface area contributed by atoms with E-state index < -0.39 is 0 Å². The summed E-state index contributed by atoms with van der Waals surface area (Å²) in [5.74, 6) is 0.660. The van der Waals surface area contributed by atoms with Crippen molar-refractivity contribution in [1.82, 2.24) is 14.8 Å². The van der Waals surface area contributed by atoms with Gasteiger partial charge in [0.25, 0.3) is 0 Å². The zero-order chi connectivity index (χ0) is 17.1. The molecule has 1 aliphatic heterocycles. The molecule has 0 atom stereocenters. The summed E-state index contributed by atoms with van der Waals surface area (Å²) in [6.07, 6.45) is 0.991. The second-order valence-electron chi connectivity index (χ2n) is 5.96. The lowest BCUT2D eigenvalue weighted by atomic mass is 10.2. The van der Waals surface area contributed by atoms with Crippen molar-refractivity contribution in [1.29, 1.82) is 5.41 Å². The van der Waals surface area contributed by atoms with Crippen molar-refractivity contribution < 1.29 is 5.11 Å². The highest BCUT2D eigenvalue weighted by Gasteiger charge is 2.30.